The number of aryl methyl sites for hydroxylation is 1. The summed E-state index contributed by atoms with van der Waals surface area (Å²) in [6.07, 6.45) is 3.91. The summed E-state index contributed by atoms with van der Waals surface area (Å²) in [5, 5.41) is 1.64. The molecule has 2 heterocycles. The van der Waals surface area contributed by atoms with Crippen molar-refractivity contribution in [3.8, 4) is 11.5 Å². The normalized spacial score (nSPS) is 10.3. The Morgan fingerprint density at radius 3 is 2.38 bits per heavy atom. The van der Waals surface area contributed by atoms with Gasteiger partial charge in [0.05, 0.1) is 5.39 Å². The quantitative estimate of drug-likeness (QED) is 0.262. The van der Waals surface area contributed by atoms with Crippen LogP contribution >= 0.6 is 0 Å². The van der Waals surface area contributed by atoms with Crippen molar-refractivity contribution in [1.29, 1.82) is 0 Å². The highest BCUT2D eigenvalue weighted by Gasteiger charge is 2.19. The van der Waals surface area contributed by atoms with E-state index in [4.69, 9.17) is 9.47 Å². The topological polar surface area (TPSA) is 56.7 Å². The first-order chi connectivity index (χ1) is 11.0. The largest absolute Gasteiger partial charge is 1.00 e. The molecule has 0 saturated carbocycles. The van der Waals surface area contributed by atoms with E-state index in [9.17, 15) is 9.59 Å². The van der Waals surface area contributed by atoms with Crippen molar-refractivity contribution in [2.24, 2.45) is 0 Å². The average Bonchev–Trinajstić information content (AvgIpc) is 2.49. The van der Waals surface area contributed by atoms with Gasteiger partial charge in [-0.25, -0.2) is 0 Å². The van der Waals surface area contributed by atoms with Gasteiger partial charge in [0.25, 0.3) is 0 Å². The summed E-state index contributed by atoms with van der Waals surface area (Å²) in [6, 6.07) is 9.43. The van der Waals surface area contributed by atoms with Gasteiger partial charge in [-0.05, 0) is 24.6 Å². The molecule has 0 radical (unpaired) electrons. The molecule has 0 aliphatic rings. The van der Waals surface area contributed by atoms with Crippen molar-refractivity contribution >= 4 is 28.2 Å². The van der Waals surface area contributed by atoms with E-state index in [-0.39, 0.29) is 28.5 Å². The maximum absolute atomic E-state index is 11.5. The van der Waals surface area contributed by atoms with Crippen LogP contribution in [0.4, 0.5) is 0 Å². The van der Waals surface area contributed by atoms with E-state index in [1.54, 1.807) is 6.07 Å². The zero-order chi connectivity index (χ0) is 16.6. The molecule has 2 aromatic heterocycles. The second-order valence-corrected chi connectivity index (χ2v) is 5.34. The minimum Gasteiger partial charge on any atom is -1.00 e. The molecule has 0 aliphatic heterocycles. The van der Waals surface area contributed by atoms with Gasteiger partial charge in [-0.3, -0.25) is 9.59 Å². The first-order valence-electron chi connectivity index (χ1n) is 7.20. The molecule has 0 atom stereocenters. The Hall–Kier alpha value is -2.47. The van der Waals surface area contributed by atoms with Gasteiger partial charge in [-0.1, -0.05) is 0 Å². The van der Waals surface area contributed by atoms with Gasteiger partial charge in [-0.15, -0.1) is 0 Å². The smallest absolute Gasteiger partial charge is 0.308 e. The number of nitrogens with zero attached hydrogens (tertiary/aromatic N) is 1. The fourth-order valence-electron chi connectivity index (χ4n) is 2.60. The van der Waals surface area contributed by atoms with Crippen LogP contribution in [0.3, 0.4) is 0 Å². The van der Waals surface area contributed by atoms with Gasteiger partial charge in [0.15, 0.2) is 23.9 Å². The summed E-state index contributed by atoms with van der Waals surface area (Å²) in [5.41, 5.74) is 1.86. The Kier molecular flexibility index (Phi) is 5.19. The van der Waals surface area contributed by atoms with E-state index in [0.717, 1.165) is 21.9 Å². The van der Waals surface area contributed by atoms with Crippen molar-refractivity contribution in [3.63, 3.8) is 0 Å². The highest BCUT2D eigenvalue weighted by atomic mass is 79.9. The van der Waals surface area contributed by atoms with Gasteiger partial charge < -0.3 is 26.5 Å². The fraction of sp³-hybridized carbons (Fsp3) is 0.167. The highest BCUT2D eigenvalue weighted by molar-refractivity contribution is 5.96. The van der Waals surface area contributed by atoms with E-state index in [1.807, 2.05) is 48.0 Å². The molecular formula is C18H16BrNO4. The lowest BCUT2D eigenvalue weighted by atomic mass is 10.0. The second kappa shape index (κ2) is 6.97. The number of halogens is 1. The predicted octanol–water partition coefficient (Wildman–Crippen LogP) is -0.258. The molecule has 1 aromatic carbocycles. The Morgan fingerprint density at radius 2 is 1.71 bits per heavy atom. The SMILES string of the molecule is CC(=O)Oc1cc(C)c2c[n+]3ccccc3cc2c1OC(C)=O.[Br-]. The van der Waals surface area contributed by atoms with E-state index in [1.165, 1.54) is 13.8 Å². The first-order valence-corrected chi connectivity index (χ1v) is 7.20. The van der Waals surface area contributed by atoms with Crippen LogP contribution in [0.1, 0.15) is 19.4 Å². The molecule has 3 aromatic rings. The molecule has 0 N–H and O–H groups in total. The second-order valence-electron chi connectivity index (χ2n) is 5.34. The third kappa shape index (κ3) is 3.38. The van der Waals surface area contributed by atoms with Gasteiger partial charge in [0.1, 0.15) is 0 Å². The van der Waals surface area contributed by atoms with Crippen LogP contribution in [-0.2, 0) is 9.59 Å². The van der Waals surface area contributed by atoms with Crippen LogP contribution in [0.25, 0.3) is 16.3 Å². The minimum atomic E-state index is -0.468. The van der Waals surface area contributed by atoms with E-state index in [2.05, 4.69) is 0 Å². The van der Waals surface area contributed by atoms with Crippen LogP contribution < -0.4 is 30.9 Å². The lowest BCUT2D eigenvalue weighted by Gasteiger charge is -2.13. The standard InChI is InChI=1S/C18H16NO4.BrH/c1-11-8-17(22-12(2)20)18(23-13(3)21)15-9-14-6-4-5-7-19(14)10-16(11)15;/h4-10H,1-3H3;1H/q+1;/p-1. The van der Waals surface area contributed by atoms with Gasteiger partial charge in [0, 0.05) is 37.4 Å². The molecule has 0 unspecified atom stereocenters. The van der Waals surface area contributed by atoms with E-state index >= 15 is 0 Å². The van der Waals surface area contributed by atoms with Crippen LogP contribution in [0.5, 0.6) is 11.5 Å². The van der Waals surface area contributed by atoms with Crippen molar-refractivity contribution < 1.29 is 40.4 Å². The van der Waals surface area contributed by atoms with E-state index < -0.39 is 11.9 Å². The van der Waals surface area contributed by atoms with Crippen LogP contribution in [-0.4, -0.2) is 11.9 Å². The highest BCUT2D eigenvalue weighted by Crippen LogP contribution is 2.38. The molecule has 24 heavy (non-hydrogen) atoms. The maximum atomic E-state index is 11.5. The number of ether oxygens (including phenoxy) is 2. The first kappa shape index (κ1) is 17.9. The molecule has 0 aliphatic carbocycles. The number of esters is 2. The number of hydrogen-bond donors (Lipinski definition) is 0. The third-order valence-electron chi connectivity index (χ3n) is 3.51. The monoisotopic (exact) mass is 389 g/mol. The van der Waals surface area contributed by atoms with Crippen molar-refractivity contribution in [1.82, 2.24) is 0 Å². The Balaban J connectivity index is 0.00000208. The number of carbonyl (C=O) groups is 2. The number of carbonyl (C=O) groups excluding carboxylic acids is 2. The van der Waals surface area contributed by atoms with Gasteiger partial charge in [-0.2, -0.15) is 4.40 Å². The molecule has 0 amide bonds. The van der Waals surface area contributed by atoms with Crippen LogP contribution in [0.2, 0.25) is 0 Å². The van der Waals surface area contributed by atoms with Gasteiger partial charge >= 0.3 is 11.9 Å². The van der Waals surface area contributed by atoms with Crippen molar-refractivity contribution in [2.45, 2.75) is 20.8 Å². The molecule has 0 saturated heterocycles. The number of rotatable bonds is 2. The maximum Gasteiger partial charge on any atom is 0.308 e. The molecule has 124 valence electrons. The number of benzene rings is 1. The molecule has 3 rings (SSSR count). The molecule has 0 spiro atoms. The Bertz CT molecular complexity index is 953. The Morgan fingerprint density at radius 1 is 1.00 bits per heavy atom. The zero-order valence-corrected chi connectivity index (χ0v) is 15.1. The summed E-state index contributed by atoms with van der Waals surface area (Å²) in [7, 11) is 0. The lowest BCUT2D eigenvalue weighted by molar-refractivity contribution is -0.510. The summed E-state index contributed by atoms with van der Waals surface area (Å²) < 4.78 is 12.5. The fourth-order valence-corrected chi connectivity index (χ4v) is 2.60. The zero-order valence-electron chi connectivity index (χ0n) is 13.5. The summed E-state index contributed by atoms with van der Waals surface area (Å²) in [6.45, 7) is 4.55. The Labute approximate surface area is 149 Å². The molecule has 0 bridgehead atoms. The van der Waals surface area contributed by atoms with Crippen molar-refractivity contribution in [3.05, 3.63) is 48.3 Å². The van der Waals surface area contributed by atoms with Crippen LogP contribution in [0, 0.1) is 6.92 Å². The van der Waals surface area contributed by atoms with E-state index in [0.29, 0.717) is 0 Å². The number of fused-ring (bicyclic) bond motifs is 2. The molecule has 6 heteroatoms. The van der Waals surface area contributed by atoms with Gasteiger partial charge in [0.2, 0.25) is 5.52 Å². The predicted molar refractivity (Wildman–Crippen MR) is 84.5 cm³/mol. The summed E-state index contributed by atoms with van der Waals surface area (Å²) >= 11 is 0. The summed E-state index contributed by atoms with van der Waals surface area (Å²) in [5.74, 6) is -0.422. The molecular weight excluding hydrogens is 374 g/mol. The summed E-state index contributed by atoms with van der Waals surface area (Å²) in [4.78, 5) is 22.8. The van der Waals surface area contributed by atoms with Crippen molar-refractivity contribution in [2.75, 3.05) is 0 Å². The minimum absolute atomic E-state index is 0. The number of hydrogen-bond acceptors (Lipinski definition) is 4. The molecule has 5 nitrogen and oxygen atoms in total. The lowest BCUT2D eigenvalue weighted by Crippen LogP contribution is -3.00. The third-order valence-corrected chi connectivity index (χ3v) is 3.51. The number of pyridine rings is 2. The average molecular weight is 390 g/mol. The number of aromatic nitrogens is 1. The van der Waals surface area contributed by atoms with Crippen LogP contribution in [0.15, 0.2) is 42.7 Å². The molecule has 0 fully saturated rings.